The van der Waals surface area contributed by atoms with Crippen molar-refractivity contribution in [3.8, 4) is 0 Å². The van der Waals surface area contributed by atoms with Gasteiger partial charge in [-0.15, -0.1) is 0 Å². The molecule has 94 valence electrons. The molecular weight excluding hydrogens is 214 g/mol. The number of rotatable bonds is 3. The zero-order valence-electron chi connectivity index (χ0n) is 10.4. The standard InChI is InChI=1S/C13H21N3O/c1-2-16-6-5-14-13(16)9-15-7-10-3-4-12(17)11(10)8-15/h5-6,10-12,17H,2-4,7-9H2,1H3. The maximum absolute atomic E-state index is 9.90. The number of aryl methyl sites for hydroxylation is 1. The van der Waals surface area contributed by atoms with Crippen molar-refractivity contribution >= 4 is 0 Å². The Bertz CT molecular complexity index is 390. The van der Waals surface area contributed by atoms with Gasteiger partial charge in [-0.1, -0.05) is 0 Å². The smallest absolute Gasteiger partial charge is 0.122 e. The number of aliphatic hydroxyl groups is 1. The van der Waals surface area contributed by atoms with E-state index in [-0.39, 0.29) is 6.10 Å². The van der Waals surface area contributed by atoms with Crippen LogP contribution in [0.15, 0.2) is 12.4 Å². The van der Waals surface area contributed by atoms with Crippen LogP contribution in [0.2, 0.25) is 0 Å². The molecule has 3 atom stereocenters. The molecule has 0 radical (unpaired) electrons. The SMILES string of the molecule is CCn1ccnc1CN1CC2CCC(O)C2C1. The largest absolute Gasteiger partial charge is 0.393 e. The second kappa shape index (κ2) is 4.42. The van der Waals surface area contributed by atoms with Crippen molar-refractivity contribution in [1.29, 1.82) is 0 Å². The van der Waals surface area contributed by atoms with Crippen LogP contribution >= 0.6 is 0 Å². The number of nitrogens with zero attached hydrogens (tertiary/aromatic N) is 3. The average Bonchev–Trinajstić information content (AvgIpc) is 2.98. The highest BCUT2D eigenvalue weighted by molar-refractivity contribution is 4.97. The molecule has 4 heteroatoms. The van der Waals surface area contributed by atoms with Gasteiger partial charge in [-0.2, -0.15) is 0 Å². The molecule has 1 saturated carbocycles. The van der Waals surface area contributed by atoms with Crippen molar-refractivity contribution < 1.29 is 5.11 Å². The van der Waals surface area contributed by atoms with Gasteiger partial charge in [0, 0.05) is 37.9 Å². The maximum Gasteiger partial charge on any atom is 0.122 e. The number of hydrogen-bond acceptors (Lipinski definition) is 3. The molecule has 4 nitrogen and oxygen atoms in total. The van der Waals surface area contributed by atoms with Crippen molar-refractivity contribution in [2.24, 2.45) is 11.8 Å². The second-order valence-electron chi connectivity index (χ2n) is 5.39. The Morgan fingerprint density at radius 1 is 1.41 bits per heavy atom. The molecule has 1 aromatic heterocycles. The summed E-state index contributed by atoms with van der Waals surface area (Å²) in [7, 11) is 0. The van der Waals surface area contributed by atoms with Crippen LogP contribution in [0.3, 0.4) is 0 Å². The predicted molar refractivity (Wildman–Crippen MR) is 65.4 cm³/mol. The summed E-state index contributed by atoms with van der Waals surface area (Å²) in [6.45, 7) is 6.24. The van der Waals surface area contributed by atoms with Crippen LogP contribution in [0.4, 0.5) is 0 Å². The van der Waals surface area contributed by atoms with Gasteiger partial charge in [-0.3, -0.25) is 4.90 Å². The first-order valence-electron chi connectivity index (χ1n) is 6.68. The Labute approximate surface area is 102 Å². The molecule has 17 heavy (non-hydrogen) atoms. The minimum absolute atomic E-state index is 0.0593. The first-order valence-corrected chi connectivity index (χ1v) is 6.68. The summed E-state index contributed by atoms with van der Waals surface area (Å²) in [6, 6.07) is 0. The van der Waals surface area contributed by atoms with Gasteiger partial charge >= 0.3 is 0 Å². The highest BCUT2D eigenvalue weighted by atomic mass is 16.3. The van der Waals surface area contributed by atoms with Gasteiger partial charge in [0.1, 0.15) is 5.82 Å². The molecule has 1 N–H and O–H groups in total. The first-order chi connectivity index (χ1) is 8.28. The van der Waals surface area contributed by atoms with Crippen molar-refractivity contribution in [1.82, 2.24) is 14.5 Å². The van der Waals surface area contributed by atoms with Crippen molar-refractivity contribution in [3.63, 3.8) is 0 Å². The Kier molecular flexibility index (Phi) is 2.92. The zero-order valence-corrected chi connectivity index (χ0v) is 10.4. The Morgan fingerprint density at radius 2 is 2.29 bits per heavy atom. The van der Waals surface area contributed by atoms with Crippen LogP contribution in [0.25, 0.3) is 0 Å². The molecular formula is C13H21N3O. The number of hydrogen-bond donors (Lipinski definition) is 1. The van der Waals surface area contributed by atoms with E-state index in [1.807, 2.05) is 12.4 Å². The Morgan fingerprint density at radius 3 is 3.06 bits per heavy atom. The van der Waals surface area contributed by atoms with E-state index in [2.05, 4.69) is 21.4 Å². The third-order valence-electron chi connectivity index (χ3n) is 4.40. The van der Waals surface area contributed by atoms with Crippen LogP contribution in [0.1, 0.15) is 25.6 Å². The van der Waals surface area contributed by atoms with E-state index in [9.17, 15) is 5.11 Å². The maximum atomic E-state index is 9.90. The summed E-state index contributed by atoms with van der Waals surface area (Å²) in [5.41, 5.74) is 0. The molecule has 0 spiro atoms. The quantitative estimate of drug-likeness (QED) is 0.853. The number of aliphatic hydroxyl groups excluding tert-OH is 1. The van der Waals surface area contributed by atoms with Gasteiger partial charge in [0.15, 0.2) is 0 Å². The zero-order chi connectivity index (χ0) is 11.8. The van der Waals surface area contributed by atoms with Gasteiger partial charge < -0.3 is 9.67 Å². The van der Waals surface area contributed by atoms with Gasteiger partial charge in [-0.25, -0.2) is 4.98 Å². The minimum Gasteiger partial charge on any atom is -0.393 e. The molecule has 0 aromatic carbocycles. The van der Waals surface area contributed by atoms with Crippen LogP contribution in [-0.4, -0.2) is 38.8 Å². The van der Waals surface area contributed by atoms with Gasteiger partial charge in [0.2, 0.25) is 0 Å². The van der Waals surface area contributed by atoms with Crippen LogP contribution in [-0.2, 0) is 13.1 Å². The fourth-order valence-electron chi connectivity index (χ4n) is 3.44. The fraction of sp³-hybridized carbons (Fsp3) is 0.769. The van der Waals surface area contributed by atoms with Crippen molar-refractivity contribution in [2.75, 3.05) is 13.1 Å². The molecule has 0 bridgehead atoms. The summed E-state index contributed by atoms with van der Waals surface area (Å²) in [6.07, 6.45) is 6.07. The lowest BCUT2D eigenvalue weighted by Gasteiger charge is -2.18. The molecule has 3 rings (SSSR count). The van der Waals surface area contributed by atoms with Gasteiger partial charge in [0.05, 0.1) is 12.6 Å². The third kappa shape index (κ3) is 2.00. The monoisotopic (exact) mass is 235 g/mol. The van der Waals surface area contributed by atoms with E-state index in [1.54, 1.807) is 0 Å². The highest BCUT2D eigenvalue weighted by Crippen LogP contribution is 2.38. The van der Waals surface area contributed by atoms with E-state index in [4.69, 9.17) is 0 Å². The molecule has 1 aromatic rings. The molecule has 2 fully saturated rings. The summed E-state index contributed by atoms with van der Waals surface area (Å²) in [5, 5.41) is 9.90. The van der Waals surface area contributed by atoms with Crippen LogP contribution < -0.4 is 0 Å². The molecule has 1 aliphatic carbocycles. The van der Waals surface area contributed by atoms with E-state index < -0.39 is 0 Å². The summed E-state index contributed by atoms with van der Waals surface area (Å²) >= 11 is 0. The topological polar surface area (TPSA) is 41.3 Å². The van der Waals surface area contributed by atoms with Gasteiger partial charge in [-0.05, 0) is 25.7 Å². The van der Waals surface area contributed by atoms with E-state index >= 15 is 0 Å². The summed E-state index contributed by atoms with van der Waals surface area (Å²) in [5.74, 6) is 2.39. The fourth-order valence-corrected chi connectivity index (χ4v) is 3.44. The highest BCUT2D eigenvalue weighted by Gasteiger charge is 2.41. The van der Waals surface area contributed by atoms with E-state index in [0.29, 0.717) is 5.92 Å². The Hall–Kier alpha value is -0.870. The minimum atomic E-state index is -0.0593. The van der Waals surface area contributed by atoms with E-state index in [1.165, 1.54) is 6.42 Å². The summed E-state index contributed by atoms with van der Waals surface area (Å²) in [4.78, 5) is 6.87. The molecule has 0 amide bonds. The second-order valence-corrected chi connectivity index (χ2v) is 5.39. The molecule has 2 aliphatic rings. The van der Waals surface area contributed by atoms with Crippen LogP contribution in [0, 0.1) is 11.8 Å². The molecule has 2 heterocycles. The van der Waals surface area contributed by atoms with Crippen molar-refractivity contribution in [3.05, 3.63) is 18.2 Å². The normalized spacial score (nSPS) is 33.2. The predicted octanol–water partition coefficient (Wildman–Crippen LogP) is 1.11. The van der Waals surface area contributed by atoms with Gasteiger partial charge in [0.25, 0.3) is 0 Å². The number of aromatic nitrogens is 2. The first kappa shape index (κ1) is 11.2. The third-order valence-corrected chi connectivity index (χ3v) is 4.40. The molecule has 1 saturated heterocycles. The summed E-state index contributed by atoms with van der Waals surface area (Å²) < 4.78 is 2.20. The number of fused-ring (bicyclic) bond motifs is 1. The average molecular weight is 235 g/mol. The lowest BCUT2D eigenvalue weighted by atomic mass is 10.00. The number of imidazole rings is 1. The number of likely N-dealkylation sites (tertiary alicyclic amines) is 1. The lowest BCUT2D eigenvalue weighted by molar-refractivity contribution is 0.123. The molecule has 3 unspecified atom stereocenters. The van der Waals surface area contributed by atoms with Crippen molar-refractivity contribution in [2.45, 2.75) is 39.0 Å². The Balaban J connectivity index is 1.64. The van der Waals surface area contributed by atoms with E-state index in [0.717, 1.165) is 44.3 Å². The molecule has 1 aliphatic heterocycles. The lowest BCUT2D eigenvalue weighted by Crippen LogP contribution is -2.25. The van der Waals surface area contributed by atoms with Crippen LogP contribution in [0.5, 0.6) is 0 Å².